The molecule has 0 atom stereocenters. The standard InChI is InChI=1S/C17H21N5O2/c1-11(23)20-12-6-5-7-13(8-12)21-15-9-14(18-10-19-15)16(24)22-17(2,3)4/h5-10H,1-4H3,(H,20,23)(H,22,24)(H,18,19,21). The molecule has 0 aliphatic heterocycles. The van der Waals surface area contributed by atoms with Crippen molar-refractivity contribution in [3.63, 3.8) is 0 Å². The minimum absolute atomic E-state index is 0.143. The molecule has 0 aliphatic carbocycles. The summed E-state index contributed by atoms with van der Waals surface area (Å²) in [6.45, 7) is 7.15. The molecule has 2 aromatic rings. The molecule has 0 saturated carbocycles. The van der Waals surface area contributed by atoms with E-state index in [1.54, 1.807) is 18.2 Å². The van der Waals surface area contributed by atoms with Gasteiger partial charge in [0.15, 0.2) is 0 Å². The van der Waals surface area contributed by atoms with Crippen LogP contribution in [0, 0.1) is 0 Å². The first-order valence-corrected chi connectivity index (χ1v) is 7.52. The van der Waals surface area contributed by atoms with Crippen LogP contribution in [0.1, 0.15) is 38.2 Å². The van der Waals surface area contributed by atoms with Crippen molar-refractivity contribution in [2.75, 3.05) is 10.6 Å². The summed E-state index contributed by atoms with van der Waals surface area (Å²) in [5.41, 5.74) is 1.34. The maximum Gasteiger partial charge on any atom is 0.270 e. The molecular formula is C17H21N5O2. The Morgan fingerprint density at radius 3 is 2.42 bits per heavy atom. The van der Waals surface area contributed by atoms with Crippen molar-refractivity contribution in [3.8, 4) is 0 Å². The number of nitrogens with one attached hydrogen (secondary N) is 3. The lowest BCUT2D eigenvalue weighted by molar-refractivity contribution is -0.114. The summed E-state index contributed by atoms with van der Waals surface area (Å²) in [5, 5.41) is 8.66. The van der Waals surface area contributed by atoms with Crippen molar-refractivity contribution < 1.29 is 9.59 Å². The van der Waals surface area contributed by atoms with Crippen molar-refractivity contribution in [1.82, 2.24) is 15.3 Å². The third-order valence-corrected chi connectivity index (χ3v) is 2.84. The van der Waals surface area contributed by atoms with Gasteiger partial charge in [0.1, 0.15) is 17.8 Å². The highest BCUT2D eigenvalue weighted by Gasteiger charge is 2.16. The van der Waals surface area contributed by atoms with Crippen LogP contribution in [-0.2, 0) is 4.79 Å². The summed E-state index contributed by atoms with van der Waals surface area (Å²) in [7, 11) is 0. The summed E-state index contributed by atoms with van der Waals surface area (Å²) in [5.74, 6) is 0.0827. The summed E-state index contributed by atoms with van der Waals surface area (Å²) < 4.78 is 0. The Hall–Kier alpha value is -2.96. The predicted octanol–water partition coefficient (Wildman–Crippen LogP) is 2.71. The van der Waals surface area contributed by atoms with Crippen molar-refractivity contribution in [3.05, 3.63) is 42.4 Å². The lowest BCUT2D eigenvalue weighted by Crippen LogP contribution is -2.40. The van der Waals surface area contributed by atoms with E-state index < -0.39 is 0 Å². The van der Waals surface area contributed by atoms with Gasteiger partial charge in [0, 0.05) is 29.9 Å². The van der Waals surface area contributed by atoms with E-state index in [1.165, 1.54) is 13.3 Å². The monoisotopic (exact) mass is 327 g/mol. The van der Waals surface area contributed by atoms with E-state index in [1.807, 2.05) is 32.9 Å². The average Bonchev–Trinajstić information content (AvgIpc) is 2.45. The molecule has 0 bridgehead atoms. The summed E-state index contributed by atoms with van der Waals surface area (Å²) in [6, 6.07) is 8.78. The number of hydrogen-bond acceptors (Lipinski definition) is 5. The molecule has 1 aromatic heterocycles. The minimum atomic E-state index is -0.345. The lowest BCUT2D eigenvalue weighted by Gasteiger charge is -2.20. The Labute approximate surface area is 140 Å². The second-order valence-corrected chi connectivity index (χ2v) is 6.38. The first kappa shape index (κ1) is 17.4. The number of benzene rings is 1. The molecule has 2 rings (SSSR count). The first-order valence-electron chi connectivity index (χ1n) is 7.52. The Morgan fingerprint density at radius 1 is 1.04 bits per heavy atom. The topological polar surface area (TPSA) is 96.0 Å². The fraction of sp³-hybridized carbons (Fsp3) is 0.294. The van der Waals surface area contributed by atoms with Crippen LogP contribution in [0.4, 0.5) is 17.2 Å². The number of amides is 2. The van der Waals surface area contributed by atoms with E-state index in [0.717, 1.165) is 5.69 Å². The SMILES string of the molecule is CC(=O)Nc1cccc(Nc2cc(C(=O)NC(C)(C)C)ncn2)c1. The van der Waals surface area contributed by atoms with Gasteiger partial charge in [-0.1, -0.05) is 6.07 Å². The Bertz CT molecular complexity index is 753. The molecule has 1 aromatic carbocycles. The highest BCUT2D eigenvalue weighted by Crippen LogP contribution is 2.19. The number of hydrogen-bond donors (Lipinski definition) is 3. The highest BCUT2D eigenvalue weighted by molar-refractivity contribution is 5.93. The molecule has 7 nitrogen and oxygen atoms in total. The smallest absolute Gasteiger partial charge is 0.270 e. The molecule has 2 amide bonds. The summed E-state index contributed by atoms with van der Waals surface area (Å²) >= 11 is 0. The van der Waals surface area contributed by atoms with Gasteiger partial charge in [-0.15, -0.1) is 0 Å². The molecule has 0 radical (unpaired) electrons. The van der Waals surface area contributed by atoms with Gasteiger partial charge in [-0.05, 0) is 39.0 Å². The van der Waals surface area contributed by atoms with Gasteiger partial charge < -0.3 is 16.0 Å². The number of aromatic nitrogens is 2. The number of carbonyl (C=O) groups excluding carboxylic acids is 2. The van der Waals surface area contributed by atoms with Crippen molar-refractivity contribution in [1.29, 1.82) is 0 Å². The molecule has 0 aliphatic rings. The normalized spacial score (nSPS) is 10.8. The molecule has 0 spiro atoms. The third kappa shape index (κ3) is 5.35. The molecule has 7 heteroatoms. The molecular weight excluding hydrogens is 306 g/mol. The molecule has 1 heterocycles. The van der Waals surface area contributed by atoms with Crippen LogP contribution in [0.5, 0.6) is 0 Å². The first-order chi connectivity index (χ1) is 11.2. The molecule has 126 valence electrons. The van der Waals surface area contributed by atoms with E-state index in [9.17, 15) is 9.59 Å². The van der Waals surface area contributed by atoms with Gasteiger partial charge in [-0.2, -0.15) is 0 Å². The van der Waals surface area contributed by atoms with E-state index in [-0.39, 0.29) is 23.0 Å². The number of carbonyl (C=O) groups is 2. The molecule has 24 heavy (non-hydrogen) atoms. The number of nitrogens with zero attached hydrogens (tertiary/aromatic N) is 2. The zero-order valence-corrected chi connectivity index (χ0v) is 14.2. The van der Waals surface area contributed by atoms with Gasteiger partial charge in [0.2, 0.25) is 5.91 Å². The van der Waals surface area contributed by atoms with Crippen LogP contribution in [0.2, 0.25) is 0 Å². The zero-order valence-electron chi connectivity index (χ0n) is 14.2. The number of anilines is 3. The Morgan fingerprint density at radius 2 is 1.75 bits per heavy atom. The third-order valence-electron chi connectivity index (χ3n) is 2.84. The van der Waals surface area contributed by atoms with Crippen LogP contribution in [-0.4, -0.2) is 27.3 Å². The average molecular weight is 327 g/mol. The second-order valence-electron chi connectivity index (χ2n) is 6.38. The van der Waals surface area contributed by atoms with E-state index in [0.29, 0.717) is 11.5 Å². The van der Waals surface area contributed by atoms with Crippen molar-refractivity contribution in [2.45, 2.75) is 33.2 Å². The fourth-order valence-corrected chi connectivity index (χ4v) is 1.98. The molecule has 0 fully saturated rings. The Kier molecular flexibility index (Phi) is 5.13. The maximum absolute atomic E-state index is 12.2. The van der Waals surface area contributed by atoms with Gasteiger partial charge >= 0.3 is 0 Å². The van der Waals surface area contributed by atoms with Crippen LogP contribution in [0.25, 0.3) is 0 Å². The maximum atomic E-state index is 12.2. The van der Waals surface area contributed by atoms with E-state index in [2.05, 4.69) is 25.9 Å². The largest absolute Gasteiger partial charge is 0.346 e. The van der Waals surface area contributed by atoms with Crippen LogP contribution in [0.3, 0.4) is 0 Å². The molecule has 3 N–H and O–H groups in total. The zero-order chi connectivity index (χ0) is 17.7. The highest BCUT2D eigenvalue weighted by atomic mass is 16.2. The van der Waals surface area contributed by atoms with Gasteiger partial charge in [-0.3, -0.25) is 9.59 Å². The van der Waals surface area contributed by atoms with Crippen LogP contribution in [0.15, 0.2) is 36.7 Å². The van der Waals surface area contributed by atoms with Gasteiger partial charge in [0.25, 0.3) is 5.91 Å². The summed E-state index contributed by atoms with van der Waals surface area (Å²) in [4.78, 5) is 31.4. The van der Waals surface area contributed by atoms with E-state index >= 15 is 0 Å². The van der Waals surface area contributed by atoms with Crippen LogP contribution >= 0.6 is 0 Å². The second kappa shape index (κ2) is 7.08. The minimum Gasteiger partial charge on any atom is -0.346 e. The molecule has 0 unspecified atom stereocenters. The van der Waals surface area contributed by atoms with Gasteiger partial charge in [0.05, 0.1) is 0 Å². The summed E-state index contributed by atoms with van der Waals surface area (Å²) in [6.07, 6.45) is 1.33. The van der Waals surface area contributed by atoms with Gasteiger partial charge in [-0.25, -0.2) is 9.97 Å². The quantitative estimate of drug-likeness (QED) is 0.802. The van der Waals surface area contributed by atoms with Crippen molar-refractivity contribution >= 4 is 29.0 Å². The number of rotatable bonds is 4. The van der Waals surface area contributed by atoms with E-state index in [4.69, 9.17) is 0 Å². The Balaban J connectivity index is 2.15. The molecule has 0 saturated heterocycles. The fourth-order valence-electron chi connectivity index (χ4n) is 1.98. The van der Waals surface area contributed by atoms with Crippen LogP contribution < -0.4 is 16.0 Å². The van der Waals surface area contributed by atoms with Crippen molar-refractivity contribution in [2.24, 2.45) is 0 Å². The lowest BCUT2D eigenvalue weighted by atomic mass is 10.1. The predicted molar refractivity (Wildman–Crippen MR) is 93.3 cm³/mol.